The molecule has 6 nitrogen and oxygen atoms in total. The number of carbonyl (C=O) groups is 1. The van der Waals surface area contributed by atoms with E-state index in [0.717, 1.165) is 24.8 Å². The Hall–Kier alpha value is -1.60. The molecule has 1 unspecified atom stereocenters. The molecular weight excluding hydrogens is 390 g/mol. The molecule has 1 aliphatic heterocycles. The Labute approximate surface area is 175 Å². The number of carbonyl (C=O) groups excluding carboxylic acids is 1. The highest BCUT2D eigenvalue weighted by Crippen LogP contribution is 2.38. The van der Waals surface area contributed by atoms with Crippen molar-refractivity contribution in [3.63, 3.8) is 0 Å². The Bertz CT molecular complexity index is 839. The Morgan fingerprint density at radius 2 is 1.97 bits per heavy atom. The second kappa shape index (κ2) is 8.64. The fraction of sp³-hybridized carbons (Fsp3) is 0.682. The molecule has 7 heteroatoms. The molecule has 1 aromatic rings. The lowest BCUT2D eigenvalue weighted by atomic mass is 9.71. The van der Waals surface area contributed by atoms with E-state index in [1.807, 2.05) is 33.8 Å². The van der Waals surface area contributed by atoms with Gasteiger partial charge in [-0.1, -0.05) is 32.9 Å². The van der Waals surface area contributed by atoms with Crippen LogP contribution >= 0.6 is 0 Å². The third-order valence-corrected chi connectivity index (χ3v) is 6.63. The summed E-state index contributed by atoms with van der Waals surface area (Å²) in [5.74, 6) is 0.334. The summed E-state index contributed by atoms with van der Waals surface area (Å²) in [6.45, 7) is 13.1. The van der Waals surface area contributed by atoms with Gasteiger partial charge in [0, 0.05) is 13.1 Å². The second-order valence-corrected chi connectivity index (χ2v) is 11.1. The predicted octanol–water partition coefficient (Wildman–Crippen LogP) is 4.71. The van der Waals surface area contributed by atoms with Crippen molar-refractivity contribution in [2.75, 3.05) is 13.1 Å². The fourth-order valence-electron chi connectivity index (χ4n) is 4.05. The molecule has 1 atom stereocenters. The van der Waals surface area contributed by atoms with Crippen LogP contribution in [-0.2, 0) is 27.7 Å². The van der Waals surface area contributed by atoms with Crippen LogP contribution < -0.4 is 0 Å². The van der Waals surface area contributed by atoms with E-state index >= 15 is 0 Å². The smallest absolute Gasteiger partial charge is 0.410 e. The molecule has 29 heavy (non-hydrogen) atoms. The number of hydrogen-bond donors (Lipinski definition) is 1. The average Bonchev–Trinajstić information content (AvgIpc) is 2.57. The van der Waals surface area contributed by atoms with Gasteiger partial charge in [0.05, 0.1) is 4.90 Å². The number of likely N-dealkylation sites (tertiary alicyclic amines) is 1. The molecule has 1 aromatic carbocycles. The van der Waals surface area contributed by atoms with Crippen LogP contribution in [0.5, 0.6) is 0 Å². The van der Waals surface area contributed by atoms with Gasteiger partial charge >= 0.3 is 6.09 Å². The Morgan fingerprint density at radius 1 is 1.31 bits per heavy atom. The lowest BCUT2D eigenvalue weighted by molar-refractivity contribution is -0.00537. The van der Waals surface area contributed by atoms with Gasteiger partial charge in [0.1, 0.15) is 5.60 Å². The highest BCUT2D eigenvalue weighted by atomic mass is 32.2. The Balaban J connectivity index is 2.10. The van der Waals surface area contributed by atoms with E-state index in [1.165, 1.54) is 6.07 Å². The summed E-state index contributed by atoms with van der Waals surface area (Å²) in [6.07, 6.45) is 2.72. The molecule has 0 aromatic heterocycles. The minimum atomic E-state index is -4.25. The summed E-state index contributed by atoms with van der Waals surface area (Å²) >= 11 is 0. The summed E-state index contributed by atoms with van der Waals surface area (Å²) in [7, 11) is -4.25. The number of nitrogens with zero attached hydrogens (tertiary/aromatic N) is 1. The number of benzene rings is 1. The monoisotopic (exact) mass is 425 g/mol. The van der Waals surface area contributed by atoms with Crippen molar-refractivity contribution in [3.05, 3.63) is 29.3 Å². The van der Waals surface area contributed by atoms with Crippen molar-refractivity contribution in [2.45, 2.75) is 77.7 Å². The topological polar surface area (TPSA) is 83.9 Å². The first-order valence-corrected chi connectivity index (χ1v) is 11.7. The molecule has 1 amide bonds. The van der Waals surface area contributed by atoms with E-state index in [-0.39, 0.29) is 16.4 Å². The van der Waals surface area contributed by atoms with Gasteiger partial charge < -0.3 is 9.64 Å². The van der Waals surface area contributed by atoms with Crippen molar-refractivity contribution in [3.8, 4) is 0 Å². The quantitative estimate of drug-likeness (QED) is 0.691. The predicted molar refractivity (Wildman–Crippen MR) is 114 cm³/mol. The van der Waals surface area contributed by atoms with Crippen LogP contribution in [0.25, 0.3) is 0 Å². The number of hydrogen-bond acceptors (Lipinski definition) is 4. The average molecular weight is 426 g/mol. The van der Waals surface area contributed by atoms with E-state index in [0.29, 0.717) is 31.0 Å². The molecule has 0 saturated carbocycles. The minimum absolute atomic E-state index is 0.00121. The number of amides is 1. The van der Waals surface area contributed by atoms with Crippen molar-refractivity contribution < 1.29 is 22.5 Å². The van der Waals surface area contributed by atoms with Gasteiger partial charge in [-0.15, -0.1) is 0 Å². The Morgan fingerprint density at radius 3 is 2.48 bits per heavy atom. The molecule has 1 saturated heterocycles. The van der Waals surface area contributed by atoms with Crippen molar-refractivity contribution >= 4 is 16.2 Å². The van der Waals surface area contributed by atoms with Gasteiger partial charge in [-0.25, -0.2) is 4.79 Å². The van der Waals surface area contributed by atoms with E-state index < -0.39 is 15.7 Å². The zero-order chi connectivity index (χ0) is 22.0. The number of rotatable bonds is 5. The van der Waals surface area contributed by atoms with Gasteiger partial charge in [-0.3, -0.25) is 4.55 Å². The highest BCUT2D eigenvalue weighted by Gasteiger charge is 2.38. The van der Waals surface area contributed by atoms with Gasteiger partial charge in [0.2, 0.25) is 0 Å². The summed E-state index contributed by atoms with van der Waals surface area (Å²) in [5, 5.41) is 0. The molecule has 1 aliphatic rings. The summed E-state index contributed by atoms with van der Waals surface area (Å²) < 4.78 is 38.6. The lowest BCUT2D eigenvalue weighted by Gasteiger charge is -2.44. The first kappa shape index (κ1) is 23.7. The molecule has 0 spiro atoms. The fourth-order valence-corrected chi connectivity index (χ4v) is 4.78. The third kappa shape index (κ3) is 6.44. The highest BCUT2D eigenvalue weighted by molar-refractivity contribution is 7.85. The summed E-state index contributed by atoms with van der Waals surface area (Å²) in [4.78, 5) is 14.2. The molecule has 1 N–H and O–H groups in total. The van der Waals surface area contributed by atoms with E-state index in [2.05, 4.69) is 13.8 Å². The summed E-state index contributed by atoms with van der Waals surface area (Å²) in [5.41, 5.74) is 1.08. The van der Waals surface area contributed by atoms with Crippen LogP contribution in [0.15, 0.2) is 23.1 Å². The van der Waals surface area contributed by atoms with Gasteiger partial charge in [-0.05, 0) is 75.0 Å². The van der Waals surface area contributed by atoms with E-state index in [4.69, 9.17) is 4.74 Å². The van der Waals surface area contributed by atoms with Gasteiger partial charge in [-0.2, -0.15) is 8.42 Å². The maximum Gasteiger partial charge on any atom is 0.410 e. The van der Waals surface area contributed by atoms with E-state index in [1.54, 1.807) is 11.0 Å². The molecule has 1 fully saturated rings. The molecule has 1 heterocycles. The number of piperidine rings is 1. The van der Waals surface area contributed by atoms with Crippen molar-refractivity contribution in [2.24, 2.45) is 11.3 Å². The standard InChI is InChI=1S/C22H35NO5S/c1-7-16-8-11-19(29(25,26)27)17(14-16)9-10-18-12-13-23(15-22(18,5)6)20(24)28-21(2,3)4/h8,11,14,18H,7,9-10,12-13,15H2,1-6H3,(H,25,26,27). The number of aryl methyl sites for hydroxylation is 2. The van der Waals surface area contributed by atoms with Gasteiger partial charge in [0.25, 0.3) is 10.1 Å². The largest absolute Gasteiger partial charge is 0.444 e. The first-order chi connectivity index (χ1) is 13.2. The maximum atomic E-state index is 12.4. The molecule has 0 radical (unpaired) electrons. The Kier molecular flexibility index (Phi) is 7.05. The minimum Gasteiger partial charge on any atom is -0.444 e. The van der Waals surface area contributed by atoms with Crippen LogP contribution in [0.4, 0.5) is 4.79 Å². The van der Waals surface area contributed by atoms with Crippen LogP contribution in [0.1, 0.15) is 65.5 Å². The molecule has 2 rings (SSSR count). The van der Waals surface area contributed by atoms with Gasteiger partial charge in [0.15, 0.2) is 0 Å². The molecule has 0 bridgehead atoms. The zero-order valence-electron chi connectivity index (χ0n) is 18.5. The first-order valence-electron chi connectivity index (χ1n) is 10.3. The molecule has 164 valence electrons. The SMILES string of the molecule is CCc1ccc(S(=O)(=O)O)c(CCC2CCN(C(=O)OC(C)(C)C)CC2(C)C)c1. The van der Waals surface area contributed by atoms with Crippen molar-refractivity contribution in [1.82, 2.24) is 4.90 Å². The third-order valence-electron chi connectivity index (χ3n) is 5.68. The molecular formula is C22H35NO5S. The van der Waals surface area contributed by atoms with Crippen LogP contribution in [-0.4, -0.2) is 42.7 Å². The van der Waals surface area contributed by atoms with Crippen LogP contribution in [0.2, 0.25) is 0 Å². The number of ether oxygens (including phenoxy) is 1. The van der Waals surface area contributed by atoms with Crippen molar-refractivity contribution in [1.29, 1.82) is 0 Å². The summed E-state index contributed by atoms with van der Waals surface area (Å²) in [6, 6.07) is 5.13. The van der Waals surface area contributed by atoms with Crippen LogP contribution in [0, 0.1) is 11.3 Å². The van der Waals surface area contributed by atoms with E-state index in [9.17, 15) is 17.8 Å². The molecule has 0 aliphatic carbocycles. The lowest BCUT2D eigenvalue weighted by Crippen LogP contribution is -2.49. The normalized spacial score (nSPS) is 19.8. The zero-order valence-corrected chi connectivity index (χ0v) is 19.3. The maximum absolute atomic E-state index is 12.4. The van der Waals surface area contributed by atoms with Crippen LogP contribution in [0.3, 0.4) is 0 Å². The second-order valence-electron chi connectivity index (χ2n) is 9.69.